The lowest BCUT2D eigenvalue weighted by molar-refractivity contribution is -0.137. The van der Waals surface area contributed by atoms with E-state index < -0.39 is 5.97 Å². The van der Waals surface area contributed by atoms with Gasteiger partial charge in [-0.1, -0.05) is 0 Å². The number of carbonyl (C=O) groups excluding carboxylic acids is 1. The second-order valence-corrected chi connectivity index (χ2v) is 4.14. The van der Waals surface area contributed by atoms with Gasteiger partial charge in [-0.15, -0.1) is 0 Å². The van der Waals surface area contributed by atoms with E-state index in [1.807, 2.05) is 13.8 Å². The molecule has 0 aromatic heterocycles. The highest BCUT2D eigenvalue weighted by molar-refractivity contribution is 5.94. The monoisotopic (exact) mass is 251 g/mol. The lowest BCUT2D eigenvalue weighted by Gasteiger charge is -2.09. The average Bonchev–Trinajstić information content (AvgIpc) is 2.28. The molecular formula is C13H17NO4. The Morgan fingerprint density at radius 2 is 1.89 bits per heavy atom. The van der Waals surface area contributed by atoms with Gasteiger partial charge < -0.3 is 15.2 Å². The molecule has 0 atom stereocenters. The van der Waals surface area contributed by atoms with Crippen molar-refractivity contribution in [1.82, 2.24) is 5.32 Å². The molecular weight excluding hydrogens is 234 g/mol. The van der Waals surface area contributed by atoms with Gasteiger partial charge in [-0.25, -0.2) is 0 Å². The van der Waals surface area contributed by atoms with Crippen LogP contribution in [-0.4, -0.2) is 29.6 Å². The fraction of sp³-hybridized carbons (Fsp3) is 0.385. The second kappa shape index (κ2) is 6.64. The zero-order valence-corrected chi connectivity index (χ0v) is 10.5. The summed E-state index contributed by atoms with van der Waals surface area (Å²) in [4.78, 5) is 21.9. The molecule has 0 unspecified atom stereocenters. The molecule has 0 saturated carbocycles. The number of ether oxygens (including phenoxy) is 1. The molecule has 0 radical (unpaired) electrons. The van der Waals surface area contributed by atoms with E-state index in [0.29, 0.717) is 11.3 Å². The summed E-state index contributed by atoms with van der Waals surface area (Å²) in [5.41, 5.74) is 0.550. The van der Waals surface area contributed by atoms with Gasteiger partial charge in [-0.3, -0.25) is 9.59 Å². The summed E-state index contributed by atoms with van der Waals surface area (Å²) in [6.45, 7) is 3.90. The van der Waals surface area contributed by atoms with Crippen LogP contribution in [0.2, 0.25) is 0 Å². The van der Waals surface area contributed by atoms with Crippen molar-refractivity contribution in [2.75, 3.05) is 6.61 Å². The molecule has 0 fully saturated rings. The van der Waals surface area contributed by atoms with Crippen LogP contribution < -0.4 is 10.1 Å². The van der Waals surface area contributed by atoms with Crippen LogP contribution in [-0.2, 0) is 4.79 Å². The molecule has 98 valence electrons. The summed E-state index contributed by atoms with van der Waals surface area (Å²) in [6.07, 6.45) is -0.0460. The topological polar surface area (TPSA) is 75.6 Å². The molecule has 1 aromatic rings. The molecule has 0 heterocycles. The summed E-state index contributed by atoms with van der Waals surface area (Å²) in [5, 5.41) is 11.2. The van der Waals surface area contributed by atoms with Crippen molar-refractivity contribution in [3.8, 4) is 5.75 Å². The Morgan fingerprint density at radius 3 is 2.39 bits per heavy atom. The van der Waals surface area contributed by atoms with Gasteiger partial charge in [0.05, 0.1) is 13.0 Å². The molecule has 0 aliphatic carbocycles. The standard InChI is InChI=1S/C13H17NO4/c1-9(2)14-13(17)10-3-5-11(6-4-10)18-8-7-12(15)16/h3-6,9H,7-8H2,1-2H3,(H,14,17)(H,15,16). The molecule has 2 N–H and O–H groups in total. The summed E-state index contributed by atoms with van der Waals surface area (Å²) >= 11 is 0. The van der Waals surface area contributed by atoms with Crippen LogP contribution in [0.3, 0.4) is 0 Å². The first-order chi connectivity index (χ1) is 8.49. The minimum absolute atomic E-state index is 0.0460. The first-order valence-corrected chi connectivity index (χ1v) is 5.74. The average molecular weight is 251 g/mol. The highest BCUT2D eigenvalue weighted by Gasteiger charge is 2.06. The number of nitrogens with one attached hydrogen (secondary N) is 1. The number of hydrogen-bond donors (Lipinski definition) is 2. The van der Waals surface area contributed by atoms with Crippen molar-refractivity contribution >= 4 is 11.9 Å². The van der Waals surface area contributed by atoms with E-state index in [2.05, 4.69) is 5.32 Å². The quantitative estimate of drug-likeness (QED) is 0.806. The smallest absolute Gasteiger partial charge is 0.306 e. The maximum atomic E-state index is 11.6. The molecule has 0 bridgehead atoms. The minimum atomic E-state index is -0.900. The Balaban J connectivity index is 2.52. The molecule has 1 aromatic carbocycles. The summed E-state index contributed by atoms with van der Waals surface area (Å²) < 4.78 is 5.22. The van der Waals surface area contributed by atoms with Crippen LogP contribution in [0.25, 0.3) is 0 Å². The third-order valence-corrected chi connectivity index (χ3v) is 2.12. The van der Waals surface area contributed by atoms with Gasteiger partial charge in [0.15, 0.2) is 0 Å². The zero-order valence-electron chi connectivity index (χ0n) is 10.5. The van der Waals surface area contributed by atoms with Gasteiger partial charge in [0, 0.05) is 11.6 Å². The Hall–Kier alpha value is -2.04. The Labute approximate surface area is 106 Å². The molecule has 5 nitrogen and oxygen atoms in total. The van der Waals surface area contributed by atoms with E-state index in [0.717, 1.165) is 0 Å². The Bertz CT molecular complexity index is 412. The minimum Gasteiger partial charge on any atom is -0.493 e. The molecule has 1 rings (SSSR count). The van der Waals surface area contributed by atoms with E-state index >= 15 is 0 Å². The van der Waals surface area contributed by atoms with E-state index in [1.165, 1.54) is 0 Å². The first-order valence-electron chi connectivity index (χ1n) is 5.74. The van der Waals surface area contributed by atoms with Crippen LogP contribution in [0, 0.1) is 0 Å². The predicted octanol–water partition coefficient (Wildman–Crippen LogP) is 1.68. The second-order valence-electron chi connectivity index (χ2n) is 4.14. The van der Waals surface area contributed by atoms with Crippen molar-refractivity contribution in [2.45, 2.75) is 26.3 Å². The zero-order chi connectivity index (χ0) is 13.5. The number of carbonyl (C=O) groups is 2. The highest BCUT2D eigenvalue weighted by atomic mass is 16.5. The molecule has 0 aliphatic rings. The maximum absolute atomic E-state index is 11.6. The van der Waals surface area contributed by atoms with Gasteiger partial charge in [0.25, 0.3) is 5.91 Å². The van der Waals surface area contributed by atoms with Crippen molar-refractivity contribution in [1.29, 1.82) is 0 Å². The maximum Gasteiger partial charge on any atom is 0.306 e. The number of aliphatic carboxylic acids is 1. The van der Waals surface area contributed by atoms with Gasteiger partial charge in [0.2, 0.25) is 0 Å². The number of carboxylic acid groups (broad SMARTS) is 1. The molecule has 1 amide bonds. The lowest BCUT2D eigenvalue weighted by Crippen LogP contribution is -2.29. The van der Waals surface area contributed by atoms with E-state index in [1.54, 1.807) is 24.3 Å². The predicted molar refractivity (Wildman–Crippen MR) is 66.8 cm³/mol. The van der Waals surface area contributed by atoms with Gasteiger partial charge >= 0.3 is 5.97 Å². The summed E-state index contributed by atoms with van der Waals surface area (Å²) in [6, 6.07) is 6.68. The Kier molecular flexibility index (Phi) is 5.17. The van der Waals surface area contributed by atoms with Crippen LogP contribution >= 0.6 is 0 Å². The number of carboxylic acids is 1. The third-order valence-electron chi connectivity index (χ3n) is 2.12. The van der Waals surface area contributed by atoms with E-state index in [-0.39, 0.29) is 25.0 Å². The molecule has 0 aliphatic heterocycles. The largest absolute Gasteiger partial charge is 0.493 e. The fourth-order valence-electron chi connectivity index (χ4n) is 1.30. The SMILES string of the molecule is CC(C)NC(=O)c1ccc(OCCC(=O)O)cc1. The highest BCUT2D eigenvalue weighted by Crippen LogP contribution is 2.12. The van der Waals surface area contributed by atoms with E-state index in [9.17, 15) is 9.59 Å². The van der Waals surface area contributed by atoms with Crippen molar-refractivity contribution in [2.24, 2.45) is 0 Å². The number of benzene rings is 1. The molecule has 5 heteroatoms. The number of amides is 1. The normalized spacial score (nSPS) is 10.2. The summed E-state index contributed by atoms with van der Waals surface area (Å²) in [5.74, 6) is -0.484. The van der Waals surface area contributed by atoms with Crippen molar-refractivity contribution in [3.63, 3.8) is 0 Å². The molecule has 0 spiro atoms. The Morgan fingerprint density at radius 1 is 1.28 bits per heavy atom. The van der Waals surface area contributed by atoms with Gasteiger partial charge in [-0.2, -0.15) is 0 Å². The van der Waals surface area contributed by atoms with Crippen LogP contribution in [0.15, 0.2) is 24.3 Å². The van der Waals surface area contributed by atoms with E-state index in [4.69, 9.17) is 9.84 Å². The fourth-order valence-corrected chi connectivity index (χ4v) is 1.30. The number of rotatable bonds is 6. The third kappa shape index (κ3) is 4.86. The van der Waals surface area contributed by atoms with Gasteiger partial charge in [0.1, 0.15) is 5.75 Å². The molecule has 18 heavy (non-hydrogen) atoms. The summed E-state index contributed by atoms with van der Waals surface area (Å²) in [7, 11) is 0. The van der Waals surface area contributed by atoms with Crippen LogP contribution in [0.1, 0.15) is 30.6 Å². The first kappa shape index (κ1) is 14.0. The van der Waals surface area contributed by atoms with Crippen molar-refractivity contribution in [3.05, 3.63) is 29.8 Å². The molecule has 0 saturated heterocycles. The van der Waals surface area contributed by atoms with Crippen LogP contribution in [0.5, 0.6) is 5.75 Å². The number of hydrogen-bond acceptors (Lipinski definition) is 3. The van der Waals surface area contributed by atoms with Crippen LogP contribution in [0.4, 0.5) is 0 Å². The lowest BCUT2D eigenvalue weighted by atomic mass is 10.2. The van der Waals surface area contributed by atoms with Gasteiger partial charge in [-0.05, 0) is 38.1 Å². The van der Waals surface area contributed by atoms with Crippen molar-refractivity contribution < 1.29 is 19.4 Å².